The summed E-state index contributed by atoms with van der Waals surface area (Å²) in [6.07, 6.45) is 0. The number of hydrogen-bond donors (Lipinski definition) is 1. The summed E-state index contributed by atoms with van der Waals surface area (Å²) < 4.78 is 27.2. The number of benzene rings is 2. The van der Waals surface area contributed by atoms with Crippen LogP contribution in [0.15, 0.2) is 24.3 Å². The van der Waals surface area contributed by atoms with Crippen LogP contribution in [0.3, 0.4) is 0 Å². The first-order chi connectivity index (χ1) is 11.8. The zero-order valence-electron chi connectivity index (χ0n) is 13.7. The number of anilines is 3. The van der Waals surface area contributed by atoms with Gasteiger partial charge in [-0.05, 0) is 30.7 Å². The Labute approximate surface area is 153 Å². The highest BCUT2D eigenvalue weighted by Crippen LogP contribution is 2.34. The normalized spacial score (nSPS) is 11.0. The molecule has 0 saturated heterocycles. The number of aryl methyl sites for hydroxylation is 1. The molecule has 130 valence electrons. The zero-order valence-corrected chi connectivity index (χ0v) is 15.2. The lowest BCUT2D eigenvalue weighted by Crippen LogP contribution is -2.13. The van der Waals surface area contributed by atoms with E-state index >= 15 is 0 Å². The van der Waals surface area contributed by atoms with Gasteiger partial charge in [-0.1, -0.05) is 23.2 Å². The summed E-state index contributed by atoms with van der Waals surface area (Å²) in [5.74, 6) is -1.32. The molecular weight excluding hydrogens is 369 g/mol. The minimum atomic E-state index is -0.978. The van der Waals surface area contributed by atoms with Crippen LogP contribution in [-0.2, 0) is 0 Å². The monoisotopic (exact) mass is 382 g/mol. The third kappa shape index (κ3) is 3.45. The van der Waals surface area contributed by atoms with Gasteiger partial charge in [-0.3, -0.25) is 0 Å². The van der Waals surface area contributed by atoms with Crippen molar-refractivity contribution in [3.05, 3.63) is 51.5 Å². The molecule has 0 atom stereocenters. The van der Waals surface area contributed by atoms with Crippen molar-refractivity contribution in [3.8, 4) is 0 Å². The number of nitrogens with one attached hydrogen (secondary N) is 1. The van der Waals surface area contributed by atoms with E-state index in [9.17, 15) is 8.78 Å². The molecule has 25 heavy (non-hydrogen) atoms. The van der Waals surface area contributed by atoms with Crippen LogP contribution in [0.2, 0.25) is 10.0 Å². The fourth-order valence-corrected chi connectivity index (χ4v) is 3.13. The van der Waals surface area contributed by atoms with Crippen LogP contribution in [-0.4, -0.2) is 24.1 Å². The highest BCUT2D eigenvalue weighted by Gasteiger charge is 2.15. The van der Waals surface area contributed by atoms with Gasteiger partial charge >= 0.3 is 0 Å². The van der Waals surface area contributed by atoms with Gasteiger partial charge in [-0.2, -0.15) is 4.98 Å². The number of halogens is 4. The maximum atomic E-state index is 13.6. The van der Waals surface area contributed by atoms with Gasteiger partial charge < -0.3 is 10.2 Å². The smallest absolute Gasteiger partial charge is 0.229 e. The standard InChI is InChI=1S/C17H14Cl2F2N4/c1-8-4-10(18)15(11(19)5-8)23-17-22-14-7-13(21)12(20)6-9(14)16(24-17)25(2)3/h4-7H,1-3H3,(H,22,23,24). The van der Waals surface area contributed by atoms with Gasteiger partial charge in [0.25, 0.3) is 0 Å². The largest absolute Gasteiger partial charge is 0.362 e. The predicted octanol–water partition coefficient (Wildman–Crippen LogP) is 5.33. The lowest BCUT2D eigenvalue weighted by molar-refractivity contribution is 0.510. The van der Waals surface area contributed by atoms with Gasteiger partial charge in [0.2, 0.25) is 5.95 Å². The third-order valence-electron chi connectivity index (χ3n) is 3.56. The second kappa shape index (κ2) is 6.61. The number of aromatic nitrogens is 2. The Kier molecular flexibility index (Phi) is 4.67. The molecule has 0 saturated carbocycles. The van der Waals surface area contributed by atoms with Crippen molar-refractivity contribution in [2.24, 2.45) is 0 Å². The highest BCUT2D eigenvalue weighted by atomic mass is 35.5. The van der Waals surface area contributed by atoms with E-state index in [1.54, 1.807) is 31.1 Å². The average molecular weight is 383 g/mol. The fraction of sp³-hybridized carbons (Fsp3) is 0.176. The van der Waals surface area contributed by atoms with Crippen LogP contribution in [0.1, 0.15) is 5.56 Å². The van der Waals surface area contributed by atoms with Crippen molar-refractivity contribution in [1.29, 1.82) is 0 Å². The summed E-state index contributed by atoms with van der Waals surface area (Å²) in [7, 11) is 3.50. The Bertz CT molecular complexity index is 954. The zero-order chi connectivity index (χ0) is 18.3. The van der Waals surface area contributed by atoms with Crippen LogP contribution in [0.4, 0.5) is 26.2 Å². The molecule has 1 heterocycles. The molecule has 0 fully saturated rings. The lowest BCUT2D eigenvalue weighted by atomic mass is 10.2. The molecule has 0 bridgehead atoms. The van der Waals surface area contributed by atoms with Gasteiger partial charge in [0.05, 0.1) is 21.2 Å². The number of nitrogens with zero attached hydrogens (tertiary/aromatic N) is 3. The fourth-order valence-electron chi connectivity index (χ4n) is 2.44. The first-order valence-corrected chi connectivity index (χ1v) is 8.08. The van der Waals surface area contributed by atoms with Gasteiger partial charge in [0, 0.05) is 25.5 Å². The molecule has 0 aliphatic heterocycles. The van der Waals surface area contributed by atoms with Crippen molar-refractivity contribution in [3.63, 3.8) is 0 Å². The molecule has 8 heteroatoms. The van der Waals surface area contributed by atoms with Crippen molar-refractivity contribution in [1.82, 2.24) is 9.97 Å². The van der Waals surface area contributed by atoms with E-state index in [-0.39, 0.29) is 11.5 Å². The Hall–Kier alpha value is -2.18. The van der Waals surface area contributed by atoms with Gasteiger partial charge in [0.1, 0.15) is 5.82 Å². The van der Waals surface area contributed by atoms with Crippen molar-refractivity contribution < 1.29 is 8.78 Å². The minimum absolute atomic E-state index is 0.176. The molecule has 2 aromatic carbocycles. The van der Waals surface area contributed by atoms with E-state index in [0.717, 1.165) is 17.7 Å². The number of fused-ring (bicyclic) bond motifs is 1. The number of rotatable bonds is 3. The average Bonchev–Trinajstić information content (AvgIpc) is 2.51. The molecule has 0 aliphatic rings. The Morgan fingerprint density at radius 3 is 2.16 bits per heavy atom. The molecule has 0 radical (unpaired) electrons. The molecule has 3 aromatic rings. The Morgan fingerprint density at radius 1 is 0.960 bits per heavy atom. The summed E-state index contributed by atoms with van der Waals surface area (Å²) in [5, 5.41) is 4.17. The summed E-state index contributed by atoms with van der Waals surface area (Å²) >= 11 is 12.5. The molecule has 0 aliphatic carbocycles. The van der Waals surface area contributed by atoms with E-state index in [1.807, 2.05) is 6.92 Å². The van der Waals surface area contributed by atoms with Crippen LogP contribution in [0.5, 0.6) is 0 Å². The van der Waals surface area contributed by atoms with Crippen molar-refractivity contribution in [2.75, 3.05) is 24.3 Å². The van der Waals surface area contributed by atoms with E-state index in [4.69, 9.17) is 23.2 Å². The first kappa shape index (κ1) is 17.6. The quantitative estimate of drug-likeness (QED) is 0.664. The van der Waals surface area contributed by atoms with Crippen LogP contribution in [0.25, 0.3) is 10.9 Å². The molecule has 1 N–H and O–H groups in total. The second-order valence-corrected chi connectivity index (χ2v) is 6.59. The van der Waals surface area contributed by atoms with E-state index < -0.39 is 11.6 Å². The molecule has 1 aromatic heterocycles. The van der Waals surface area contributed by atoms with Gasteiger partial charge in [-0.25, -0.2) is 13.8 Å². The topological polar surface area (TPSA) is 41.1 Å². The molecule has 4 nitrogen and oxygen atoms in total. The van der Waals surface area contributed by atoms with Crippen LogP contribution < -0.4 is 10.2 Å². The molecule has 0 unspecified atom stereocenters. The second-order valence-electron chi connectivity index (χ2n) is 5.78. The Balaban J connectivity index is 2.16. The first-order valence-electron chi connectivity index (χ1n) is 7.33. The Morgan fingerprint density at radius 2 is 1.56 bits per heavy atom. The number of hydrogen-bond acceptors (Lipinski definition) is 4. The van der Waals surface area contributed by atoms with Crippen molar-refractivity contribution in [2.45, 2.75) is 6.92 Å². The summed E-state index contributed by atoms with van der Waals surface area (Å²) in [6, 6.07) is 5.61. The van der Waals surface area contributed by atoms with Crippen molar-refractivity contribution >= 4 is 51.6 Å². The van der Waals surface area contributed by atoms with Gasteiger partial charge in [-0.15, -0.1) is 0 Å². The van der Waals surface area contributed by atoms with E-state index in [1.165, 1.54) is 0 Å². The minimum Gasteiger partial charge on any atom is -0.362 e. The third-order valence-corrected chi connectivity index (χ3v) is 4.16. The highest BCUT2D eigenvalue weighted by molar-refractivity contribution is 6.39. The van der Waals surface area contributed by atoms with Crippen LogP contribution in [0, 0.1) is 18.6 Å². The maximum absolute atomic E-state index is 13.6. The maximum Gasteiger partial charge on any atom is 0.229 e. The van der Waals surface area contributed by atoms with Crippen LogP contribution >= 0.6 is 23.2 Å². The molecular formula is C17H14Cl2F2N4. The SMILES string of the molecule is Cc1cc(Cl)c(Nc2nc(N(C)C)c3cc(F)c(F)cc3n2)c(Cl)c1. The molecule has 0 amide bonds. The lowest BCUT2D eigenvalue weighted by Gasteiger charge is -2.17. The predicted molar refractivity (Wildman–Crippen MR) is 98.3 cm³/mol. The summed E-state index contributed by atoms with van der Waals surface area (Å²) in [6.45, 7) is 1.87. The molecule has 3 rings (SSSR count). The summed E-state index contributed by atoms with van der Waals surface area (Å²) in [4.78, 5) is 10.3. The summed E-state index contributed by atoms with van der Waals surface area (Å²) in [5.41, 5.74) is 1.62. The van der Waals surface area contributed by atoms with E-state index in [0.29, 0.717) is 26.9 Å². The van der Waals surface area contributed by atoms with E-state index in [2.05, 4.69) is 15.3 Å². The van der Waals surface area contributed by atoms with Gasteiger partial charge in [0.15, 0.2) is 11.6 Å². The molecule has 0 spiro atoms.